The summed E-state index contributed by atoms with van der Waals surface area (Å²) in [5.41, 5.74) is 0.586. The molecule has 1 N–H and O–H groups in total. The van der Waals surface area contributed by atoms with E-state index in [0.717, 1.165) is 19.4 Å². The van der Waals surface area contributed by atoms with E-state index in [1.54, 1.807) is 18.2 Å². The van der Waals surface area contributed by atoms with Crippen LogP contribution in [0, 0.1) is 11.7 Å². The molecule has 1 aliphatic rings. The highest BCUT2D eigenvalue weighted by molar-refractivity contribution is 6.30. The lowest BCUT2D eigenvalue weighted by molar-refractivity contribution is -0.0301. The minimum absolute atomic E-state index is 0.169. The Labute approximate surface area is 119 Å². The van der Waals surface area contributed by atoms with Crippen molar-refractivity contribution in [3.63, 3.8) is 0 Å². The molecule has 0 saturated carbocycles. The molecule has 1 aromatic rings. The second kappa shape index (κ2) is 6.69. The van der Waals surface area contributed by atoms with Gasteiger partial charge in [-0.05, 0) is 18.9 Å². The zero-order valence-corrected chi connectivity index (χ0v) is 12.2. The first-order valence-electron chi connectivity index (χ1n) is 6.88. The first-order valence-corrected chi connectivity index (χ1v) is 7.26. The number of halogens is 2. The Hall–Kier alpha value is -0.640. The molecule has 0 spiro atoms. The topological polar surface area (TPSA) is 21.3 Å². The van der Waals surface area contributed by atoms with Gasteiger partial charge in [0.05, 0.1) is 11.1 Å². The first kappa shape index (κ1) is 14.8. The Kier molecular flexibility index (Phi) is 5.20. The number of benzene rings is 1. The van der Waals surface area contributed by atoms with Gasteiger partial charge in [0.15, 0.2) is 0 Å². The molecule has 0 bridgehead atoms. The van der Waals surface area contributed by atoms with E-state index in [1.165, 1.54) is 0 Å². The van der Waals surface area contributed by atoms with Crippen LogP contribution in [-0.4, -0.2) is 19.2 Å². The third-order valence-electron chi connectivity index (χ3n) is 3.52. The summed E-state index contributed by atoms with van der Waals surface area (Å²) in [6.45, 7) is 5.75. The predicted molar refractivity (Wildman–Crippen MR) is 76.0 cm³/mol. The van der Waals surface area contributed by atoms with Crippen molar-refractivity contribution in [3.8, 4) is 0 Å². The van der Waals surface area contributed by atoms with E-state index in [1.807, 2.05) is 0 Å². The van der Waals surface area contributed by atoms with Gasteiger partial charge in [0.2, 0.25) is 0 Å². The summed E-state index contributed by atoms with van der Waals surface area (Å²) in [6.07, 6.45) is 1.89. The van der Waals surface area contributed by atoms with Crippen molar-refractivity contribution in [2.45, 2.75) is 38.8 Å². The molecular formula is C15H21ClFNO. The van der Waals surface area contributed by atoms with Gasteiger partial charge in [-0.3, -0.25) is 0 Å². The highest BCUT2D eigenvalue weighted by Crippen LogP contribution is 2.36. The van der Waals surface area contributed by atoms with Gasteiger partial charge in [-0.1, -0.05) is 37.6 Å². The van der Waals surface area contributed by atoms with Crippen LogP contribution >= 0.6 is 11.6 Å². The summed E-state index contributed by atoms with van der Waals surface area (Å²) in [5.74, 6) is -0.0465. The molecule has 2 rings (SSSR count). The summed E-state index contributed by atoms with van der Waals surface area (Å²) in [4.78, 5) is 0. The van der Waals surface area contributed by atoms with Crippen molar-refractivity contribution in [2.24, 2.45) is 5.92 Å². The van der Waals surface area contributed by atoms with E-state index in [2.05, 4.69) is 19.2 Å². The van der Waals surface area contributed by atoms with Crippen molar-refractivity contribution >= 4 is 11.6 Å². The van der Waals surface area contributed by atoms with E-state index in [4.69, 9.17) is 16.3 Å². The maximum absolute atomic E-state index is 14.1. The number of hydrogen-bond acceptors (Lipinski definition) is 2. The fraction of sp³-hybridized carbons (Fsp3) is 0.600. The Morgan fingerprint density at radius 1 is 1.47 bits per heavy atom. The van der Waals surface area contributed by atoms with Crippen LogP contribution in [0.4, 0.5) is 4.39 Å². The second-order valence-corrected chi connectivity index (χ2v) is 5.81. The van der Waals surface area contributed by atoms with Crippen LogP contribution in [0.5, 0.6) is 0 Å². The molecule has 0 radical (unpaired) electrons. The monoisotopic (exact) mass is 285 g/mol. The highest BCUT2D eigenvalue weighted by Gasteiger charge is 2.29. The van der Waals surface area contributed by atoms with Gasteiger partial charge in [-0.15, -0.1) is 0 Å². The van der Waals surface area contributed by atoms with E-state index in [0.29, 0.717) is 24.1 Å². The van der Waals surface area contributed by atoms with E-state index < -0.39 is 0 Å². The van der Waals surface area contributed by atoms with Gasteiger partial charge in [0, 0.05) is 30.7 Å². The van der Waals surface area contributed by atoms with Crippen LogP contribution in [0.3, 0.4) is 0 Å². The molecular weight excluding hydrogens is 265 g/mol. The molecule has 2 nitrogen and oxygen atoms in total. The largest absolute Gasteiger partial charge is 0.373 e. The minimum Gasteiger partial charge on any atom is -0.373 e. The fourth-order valence-electron chi connectivity index (χ4n) is 2.52. The van der Waals surface area contributed by atoms with E-state index in [9.17, 15) is 4.39 Å². The lowest BCUT2D eigenvalue weighted by Crippen LogP contribution is -2.35. The summed E-state index contributed by atoms with van der Waals surface area (Å²) in [7, 11) is 0. The van der Waals surface area contributed by atoms with Crippen LogP contribution in [-0.2, 0) is 4.74 Å². The molecule has 19 heavy (non-hydrogen) atoms. The molecule has 0 aliphatic carbocycles. The number of hydrogen-bond donors (Lipinski definition) is 1. The Balaban J connectivity index is 2.16. The number of ether oxygens (including phenoxy) is 1. The number of rotatable bonds is 4. The normalized spacial score (nSPS) is 23.8. The zero-order valence-electron chi connectivity index (χ0n) is 11.5. The SMILES string of the molecule is CC(C)NCC1CCCOC1c1cccc(Cl)c1F. The fourth-order valence-corrected chi connectivity index (χ4v) is 2.71. The standard InChI is InChI=1S/C15H21ClFNO/c1-10(2)18-9-11-5-4-8-19-15(11)12-6-3-7-13(16)14(12)17/h3,6-7,10-11,15,18H,4-5,8-9H2,1-2H3. The van der Waals surface area contributed by atoms with Crippen LogP contribution in [0.15, 0.2) is 18.2 Å². The Morgan fingerprint density at radius 3 is 3.00 bits per heavy atom. The average molecular weight is 286 g/mol. The van der Waals surface area contributed by atoms with E-state index >= 15 is 0 Å². The maximum atomic E-state index is 14.1. The van der Waals surface area contributed by atoms with Crippen molar-refractivity contribution < 1.29 is 9.13 Å². The maximum Gasteiger partial charge on any atom is 0.147 e. The number of nitrogens with one attached hydrogen (secondary N) is 1. The molecule has 4 heteroatoms. The summed E-state index contributed by atoms with van der Waals surface area (Å²) in [5, 5.41) is 3.58. The third kappa shape index (κ3) is 3.68. The van der Waals surface area contributed by atoms with Crippen LogP contribution in [0.2, 0.25) is 5.02 Å². The lowest BCUT2D eigenvalue weighted by Gasteiger charge is -2.33. The van der Waals surface area contributed by atoms with Crippen LogP contribution in [0.25, 0.3) is 0 Å². The van der Waals surface area contributed by atoms with Crippen LogP contribution in [0.1, 0.15) is 38.4 Å². The van der Waals surface area contributed by atoms with Crippen LogP contribution < -0.4 is 5.32 Å². The molecule has 1 aliphatic heterocycles. The third-order valence-corrected chi connectivity index (χ3v) is 3.81. The smallest absolute Gasteiger partial charge is 0.147 e. The van der Waals surface area contributed by atoms with Crippen molar-refractivity contribution in [2.75, 3.05) is 13.2 Å². The zero-order chi connectivity index (χ0) is 13.8. The lowest BCUT2D eigenvalue weighted by atomic mass is 9.89. The van der Waals surface area contributed by atoms with E-state index in [-0.39, 0.29) is 16.9 Å². The molecule has 1 heterocycles. The molecule has 0 amide bonds. The summed E-state index contributed by atoms with van der Waals surface area (Å²) in [6, 6.07) is 5.56. The molecule has 1 saturated heterocycles. The summed E-state index contributed by atoms with van der Waals surface area (Å²) >= 11 is 5.86. The first-order chi connectivity index (χ1) is 9.09. The summed E-state index contributed by atoms with van der Waals surface area (Å²) < 4.78 is 19.9. The molecule has 2 unspecified atom stereocenters. The Bertz CT molecular complexity index is 425. The van der Waals surface area contributed by atoms with Gasteiger partial charge in [0.25, 0.3) is 0 Å². The van der Waals surface area contributed by atoms with Gasteiger partial charge < -0.3 is 10.1 Å². The molecule has 0 aromatic heterocycles. The molecule has 2 atom stereocenters. The van der Waals surface area contributed by atoms with Gasteiger partial charge in [-0.25, -0.2) is 4.39 Å². The molecule has 106 valence electrons. The highest BCUT2D eigenvalue weighted by atomic mass is 35.5. The van der Waals surface area contributed by atoms with Gasteiger partial charge >= 0.3 is 0 Å². The Morgan fingerprint density at radius 2 is 2.26 bits per heavy atom. The quantitative estimate of drug-likeness (QED) is 0.904. The minimum atomic E-state index is -0.342. The van der Waals surface area contributed by atoms with Crippen molar-refractivity contribution in [3.05, 3.63) is 34.6 Å². The van der Waals surface area contributed by atoms with Crippen molar-refractivity contribution in [1.29, 1.82) is 0 Å². The van der Waals surface area contributed by atoms with Gasteiger partial charge in [-0.2, -0.15) is 0 Å². The second-order valence-electron chi connectivity index (χ2n) is 5.40. The van der Waals surface area contributed by atoms with Crippen molar-refractivity contribution in [1.82, 2.24) is 5.32 Å². The predicted octanol–water partition coefficient (Wildman–Crippen LogP) is 3.94. The molecule has 1 aromatic carbocycles. The van der Waals surface area contributed by atoms with Gasteiger partial charge in [0.1, 0.15) is 5.82 Å². The molecule has 1 fully saturated rings. The average Bonchev–Trinajstić information content (AvgIpc) is 2.40.